The second-order valence-electron chi connectivity index (χ2n) is 4.47. The molecule has 2 rings (SSSR count). The highest BCUT2D eigenvalue weighted by Gasteiger charge is 2.16. The summed E-state index contributed by atoms with van der Waals surface area (Å²) in [7, 11) is 1.86. The third-order valence-electron chi connectivity index (χ3n) is 3.06. The zero-order valence-electron chi connectivity index (χ0n) is 11.3. The van der Waals surface area contributed by atoms with Gasteiger partial charge in [-0.25, -0.2) is 0 Å². The maximum Gasteiger partial charge on any atom is 0.170 e. The number of carbonyl (C=O) groups is 1. The molecule has 0 bridgehead atoms. The second-order valence-corrected chi connectivity index (χ2v) is 5.27. The van der Waals surface area contributed by atoms with Crippen molar-refractivity contribution >= 4 is 21.7 Å². The van der Waals surface area contributed by atoms with Crippen molar-refractivity contribution in [3.05, 3.63) is 45.4 Å². The van der Waals surface area contributed by atoms with Crippen molar-refractivity contribution in [1.29, 1.82) is 0 Å². The molecule has 0 unspecified atom stereocenters. The Labute approximate surface area is 121 Å². The molecule has 0 aliphatic carbocycles. The van der Waals surface area contributed by atoms with Gasteiger partial charge in [0.05, 0.1) is 22.3 Å². The third-order valence-corrected chi connectivity index (χ3v) is 3.98. The van der Waals surface area contributed by atoms with E-state index in [0.717, 1.165) is 28.0 Å². The molecule has 0 spiro atoms. The molecule has 4 nitrogen and oxygen atoms in total. The van der Waals surface area contributed by atoms with Gasteiger partial charge in [-0.3, -0.25) is 14.5 Å². The molecular formula is C14H16BrN3O. The predicted octanol–water partition coefficient (Wildman–Crippen LogP) is 2.87. The average molecular weight is 322 g/mol. The topological polar surface area (TPSA) is 47.8 Å². The zero-order valence-corrected chi connectivity index (χ0v) is 12.9. The summed E-state index contributed by atoms with van der Waals surface area (Å²) < 4.78 is 2.70. The highest BCUT2D eigenvalue weighted by atomic mass is 79.9. The van der Waals surface area contributed by atoms with E-state index in [-0.39, 0.29) is 5.78 Å². The summed E-state index contributed by atoms with van der Waals surface area (Å²) in [5, 5.41) is 4.39. The molecule has 0 saturated heterocycles. The van der Waals surface area contributed by atoms with Crippen LogP contribution in [0.25, 0.3) is 0 Å². The van der Waals surface area contributed by atoms with Crippen LogP contribution in [0.5, 0.6) is 0 Å². The van der Waals surface area contributed by atoms with Crippen molar-refractivity contribution < 1.29 is 4.79 Å². The Bertz CT molecular complexity index is 602. The van der Waals surface area contributed by atoms with Crippen molar-refractivity contribution in [3.8, 4) is 0 Å². The van der Waals surface area contributed by atoms with Gasteiger partial charge in [0.1, 0.15) is 0 Å². The normalized spacial score (nSPS) is 10.7. The van der Waals surface area contributed by atoms with Crippen LogP contribution in [0.3, 0.4) is 0 Å². The zero-order chi connectivity index (χ0) is 14.0. The molecule has 0 fully saturated rings. The fourth-order valence-electron chi connectivity index (χ4n) is 1.90. The van der Waals surface area contributed by atoms with Crippen LogP contribution >= 0.6 is 15.9 Å². The first-order valence-corrected chi connectivity index (χ1v) is 6.98. The van der Waals surface area contributed by atoms with Crippen molar-refractivity contribution in [3.63, 3.8) is 0 Å². The first kappa shape index (κ1) is 13.9. The smallest absolute Gasteiger partial charge is 0.170 e. The van der Waals surface area contributed by atoms with Gasteiger partial charge in [-0.05, 0) is 41.4 Å². The summed E-state index contributed by atoms with van der Waals surface area (Å²) in [6.07, 6.45) is 2.80. The number of carbonyl (C=O) groups excluding carboxylic acids is 1. The lowest BCUT2D eigenvalue weighted by molar-refractivity contribution is 0.0990. The molecule has 0 saturated carbocycles. The quantitative estimate of drug-likeness (QED) is 0.813. The first-order chi connectivity index (χ1) is 9.02. The highest BCUT2D eigenvalue weighted by Crippen LogP contribution is 2.22. The van der Waals surface area contributed by atoms with E-state index in [2.05, 4.69) is 26.0 Å². The molecule has 19 heavy (non-hydrogen) atoms. The van der Waals surface area contributed by atoms with Crippen LogP contribution in [0, 0.1) is 6.92 Å². The molecule has 0 radical (unpaired) electrons. The lowest BCUT2D eigenvalue weighted by atomic mass is 10.1. The fraction of sp³-hybridized carbons (Fsp3) is 0.357. The molecule has 0 atom stereocenters. The summed E-state index contributed by atoms with van der Waals surface area (Å²) in [5.74, 6) is 0.0545. The molecule has 2 aromatic rings. The maximum absolute atomic E-state index is 12.2. The van der Waals surface area contributed by atoms with Gasteiger partial charge >= 0.3 is 0 Å². The van der Waals surface area contributed by atoms with Gasteiger partial charge in [0.2, 0.25) is 0 Å². The van der Waals surface area contributed by atoms with Crippen molar-refractivity contribution in [1.82, 2.24) is 14.8 Å². The van der Waals surface area contributed by atoms with Gasteiger partial charge in [0, 0.05) is 24.5 Å². The summed E-state index contributed by atoms with van der Waals surface area (Å²) >= 11 is 3.52. The monoisotopic (exact) mass is 321 g/mol. The Kier molecular flexibility index (Phi) is 4.14. The number of hydrogen-bond acceptors (Lipinski definition) is 3. The van der Waals surface area contributed by atoms with Crippen LogP contribution in [0.2, 0.25) is 0 Å². The number of hydrogen-bond donors (Lipinski definition) is 0. The minimum Gasteiger partial charge on any atom is -0.294 e. The van der Waals surface area contributed by atoms with Gasteiger partial charge < -0.3 is 0 Å². The Morgan fingerprint density at radius 1 is 1.42 bits per heavy atom. The first-order valence-electron chi connectivity index (χ1n) is 6.19. The summed E-state index contributed by atoms with van der Waals surface area (Å²) in [5.41, 5.74) is 3.43. The van der Waals surface area contributed by atoms with Gasteiger partial charge in [-0.1, -0.05) is 6.92 Å². The summed E-state index contributed by atoms with van der Waals surface area (Å²) in [6, 6.07) is 3.67. The van der Waals surface area contributed by atoms with Crippen LogP contribution in [0.4, 0.5) is 0 Å². The van der Waals surface area contributed by atoms with E-state index in [1.165, 1.54) is 0 Å². The minimum absolute atomic E-state index is 0.0545. The molecule has 2 heterocycles. The Morgan fingerprint density at radius 3 is 2.68 bits per heavy atom. The van der Waals surface area contributed by atoms with Crippen LogP contribution in [0.1, 0.15) is 34.4 Å². The number of rotatable bonds is 4. The second kappa shape index (κ2) is 5.65. The molecule has 0 aliphatic rings. The van der Waals surface area contributed by atoms with Gasteiger partial charge in [-0.15, -0.1) is 0 Å². The maximum atomic E-state index is 12.2. The molecule has 0 amide bonds. The molecule has 0 aliphatic heterocycles. The van der Waals surface area contributed by atoms with E-state index in [0.29, 0.717) is 12.0 Å². The van der Waals surface area contributed by atoms with E-state index in [1.54, 1.807) is 10.9 Å². The molecule has 0 N–H and O–H groups in total. The Balaban J connectivity index is 2.24. The molecule has 2 aromatic heterocycles. The molecule has 5 heteroatoms. The lowest BCUT2D eigenvalue weighted by Crippen LogP contribution is -2.08. The third kappa shape index (κ3) is 2.92. The number of aromatic nitrogens is 3. The van der Waals surface area contributed by atoms with E-state index in [9.17, 15) is 4.79 Å². The number of ketones is 1. The number of halogens is 1. The van der Waals surface area contributed by atoms with E-state index in [4.69, 9.17) is 0 Å². The summed E-state index contributed by atoms with van der Waals surface area (Å²) in [6.45, 7) is 3.95. The highest BCUT2D eigenvalue weighted by molar-refractivity contribution is 9.10. The number of aryl methyl sites for hydroxylation is 3. The largest absolute Gasteiger partial charge is 0.294 e. The van der Waals surface area contributed by atoms with Crippen LogP contribution in [-0.2, 0) is 19.9 Å². The Morgan fingerprint density at radius 2 is 2.16 bits per heavy atom. The number of Topliss-reactive ketones (excluding diaryl/α,β-unsaturated/α-hetero) is 1. The van der Waals surface area contributed by atoms with Gasteiger partial charge in [0.15, 0.2) is 5.78 Å². The summed E-state index contributed by atoms with van der Waals surface area (Å²) in [4.78, 5) is 16.4. The van der Waals surface area contributed by atoms with E-state index < -0.39 is 0 Å². The predicted molar refractivity (Wildman–Crippen MR) is 77.3 cm³/mol. The van der Waals surface area contributed by atoms with E-state index in [1.807, 2.05) is 33.0 Å². The standard InChI is InChI=1S/C14H16BrN3O/c1-4-11-14(15)12(18(3)17-11)7-13(19)10-6-5-9(2)16-8-10/h5-6,8H,4,7H2,1-3H3. The molecule has 100 valence electrons. The SMILES string of the molecule is CCc1nn(C)c(CC(=O)c2ccc(C)nc2)c1Br. The van der Waals surface area contributed by atoms with Gasteiger partial charge in [0.25, 0.3) is 0 Å². The number of pyridine rings is 1. The number of nitrogens with zero attached hydrogens (tertiary/aromatic N) is 3. The van der Waals surface area contributed by atoms with E-state index >= 15 is 0 Å². The van der Waals surface area contributed by atoms with Crippen molar-refractivity contribution in [2.24, 2.45) is 7.05 Å². The minimum atomic E-state index is 0.0545. The van der Waals surface area contributed by atoms with Gasteiger partial charge in [-0.2, -0.15) is 5.10 Å². The van der Waals surface area contributed by atoms with Crippen molar-refractivity contribution in [2.75, 3.05) is 0 Å². The van der Waals surface area contributed by atoms with Crippen LogP contribution < -0.4 is 0 Å². The Hall–Kier alpha value is -1.49. The lowest BCUT2D eigenvalue weighted by Gasteiger charge is -2.03. The average Bonchev–Trinajstić information content (AvgIpc) is 2.67. The fourth-order valence-corrected chi connectivity index (χ4v) is 2.66. The molecule has 0 aromatic carbocycles. The van der Waals surface area contributed by atoms with Crippen LogP contribution in [-0.4, -0.2) is 20.5 Å². The van der Waals surface area contributed by atoms with Crippen molar-refractivity contribution in [2.45, 2.75) is 26.7 Å². The van der Waals surface area contributed by atoms with Crippen LogP contribution in [0.15, 0.2) is 22.8 Å². The molecular weight excluding hydrogens is 306 g/mol.